The summed E-state index contributed by atoms with van der Waals surface area (Å²) in [7, 11) is 4.85. The van der Waals surface area contributed by atoms with E-state index in [-0.39, 0.29) is 17.4 Å². The van der Waals surface area contributed by atoms with Crippen LogP contribution in [0.2, 0.25) is 0 Å². The number of benzene rings is 3. The number of rotatable bonds is 6. The fourth-order valence-corrected chi connectivity index (χ4v) is 4.93. The largest absolute Gasteiger partial charge is 0.493 e. The van der Waals surface area contributed by atoms with Crippen molar-refractivity contribution in [3.8, 4) is 28.6 Å². The first-order chi connectivity index (χ1) is 16.9. The molecule has 7 heteroatoms. The molecule has 0 saturated carbocycles. The Morgan fingerprint density at radius 2 is 1.60 bits per heavy atom. The zero-order chi connectivity index (χ0) is 24.7. The Morgan fingerprint density at radius 3 is 2.29 bits per heavy atom. The van der Waals surface area contributed by atoms with Gasteiger partial charge < -0.3 is 18.6 Å². The van der Waals surface area contributed by atoms with Crippen LogP contribution in [0.25, 0.3) is 22.3 Å². The summed E-state index contributed by atoms with van der Waals surface area (Å²) in [5.74, 6) is 0.773. The Kier molecular flexibility index (Phi) is 6.11. The lowest BCUT2D eigenvalue weighted by Crippen LogP contribution is -2.33. The maximum Gasteiger partial charge on any atom is 0.176 e. The highest BCUT2D eigenvalue weighted by atomic mass is 19.1. The van der Waals surface area contributed by atoms with E-state index in [1.807, 2.05) is 12.1 Å². The van der Waals surface area contributed by atoms with Gasteiger partial charge in [-0.05, 0) is 72.5 Å². The van der Waals surface area contributed by atoms with E-state index in [4.69, 9.17) is 18.6 Å². The molecule has 1 aliphatic rings. The lowest BCUT2D eigenvalue weighted by Gasteiger charge is -2.35. The third-order valence-corrected chi connectivity index (χ3v) is 6.77. The number of hydrogen-bond donors (Lipinski definition) is 0. The van der Waals surface area contributed by atoms with Gasteiger partial charge in [-0.2, -0.15) is 0 Å². The van der Waals surface area contributed by atoms with E-state index in [0.29, 0.717) is 23.6 Å². The second-order valence-electron chi connectivity index (χ2n) is 8.73. The van der Waals surface area contributed by atoms with Crippen LogP contribution < -0.4 is 14.2 Å². The van der Waals surface area contributed by atoms with E-state index in [1.165, 1.54) is 29.3 Å². The van der Waals surface area contributed by atoms with Gasteiger partial charge in [0.25, 0.3) is 0 Å². The van der Waals surface area contributed by atoms with Gasteiger partial charge in [-0.3, -0.25) is 4.90 Å². The summed E-state index contributed by atoms with van der Waals surface area (Å²) >= 11 is 0. The van der Waals surface area contributed by atoms with Gasteiger partial charge in [-0.15, -0.1) is 0 Å². The van der Waals surface area contributed by atoms with E-state index in [9.17, 15) is 8.78 Å². The zero-order valence-corrected chi connectivity index (χ0v) is 20.2. The van der Waals surface area contributed by atoms with Gasteiger partial charge in [0.05, 0.1) is 26.9 Å². The number of furan rings is 1. The van der Waals surface area contributed by atoms with Crippen molar-refractivity contribution in [3.05, 3.63) is 76.9 Å². The molecule has 1 aliphatic heterocycles. The normalized spacial score (nSPS) is 15.8. The van der Waals surface area contributed by atoms with Crippen LogP contribution >= 0.6 is 0 Å². The minimum Gasteiger partial charge on any atom is -0.493 e. The molecule has 0 amide bonds. The number of nitrogens with zero attached hydrogens (tertiary/aromatic N) is 1. The summed E-state index contributed by atoms with van der Waals surface area (Å²) in [6, 6.07) is 13.6. The van der Waals surface area contributed by atoms with E-state index in [0.717, 1.165) is 29.7 Å². The van der Waals surface area contributed by atoms with E-state index in [1.54, 1.807) is 27.4 Å². The average Bonchev–Trinajstić information content (AvgIpc) is 3.28. The highest BCUT2D eigenvalue weighted by Gasteiger charge is 2.27. The topological polar surface area (TPSA) is 44.1 Å². The fraction of sp³-hybridized carbons (Fsp3) is 0.286. The number of fused-ring (bicyclic) bond motifs is 2. The molecule has 0 radical (unpaired) electrons. The molecule has 0 fully saturated rings. The van der Waals surface area contributed by atoms with Crippen LogP contribution in [0.1, 0.15) is 29.7 Å². The maximum absolute atomic E-state index is 14.3. The molecule has 1 unspecified atom stereocenters. The van der Waals surface area contributed by atoms with Gasteiger partial charge in [-0.25, -0.2) is 8.78 Å². The van der Waals surface area contributed by atoms with Gasteiger partial charge in [0, 0.05) is 24.5 Å². The average molecular weight is 480 g/mol. The van der Waals surface area contributed by atoms with Crippen LogP contribution in [0.3, 0.4) is 0 Å². The standard InChI is InChI=1S/C28H27F2NO4/c1-16-20-14-24(33-3)23(32-2)12-18(20)8-9-31(16)15-17-10-19-13-25(35-28(19)26(11-17)34-4)27-21(29)6-5-7-22(27)30/h5-7,10-14,16H,8-9,15H2,1-4H3. The first-order valence-corrected chi connectivity index (χ1v) is 11.5. The van der Waals surface area contributed by atoms with Crippen molar-refractivity contribution >= 4 is 11.0 Å². The van der Waals surface area contributed by atoms with Crippen LogP contribution in [0.5, 0.6) is 17.2 Å². The van der Waals surface area contributed by atoms with E-state index in [2.05, 4.69) is 24.0 Å². The molecule has 3 aromatic carbocycles. The minimum absolute atomic E-state index is 0.132. The summed E-state index contributed by atoms with van der Waals surface area (Å²) in [6.45, 7) is 3.73. The lowest BCUT2D eigenvalue weighted by atomic mass is 9.92. The molecule has 4 aromatic rings. The van der Waals surface area contributed by atoms with Crippen LogP contribution in [0, 0.1) is 11.6 Å². The van der Waals surface area contributed by atoms with Gasteiger partial charge in [0.15, 0.2) is 22.8 Å². The minimum atomic E-state index is -0.670. The molecule has 0 bridgehead atoms. The molecule has 5 rings (SSSR count). The van der Waals surface area contributed by atoms with Crippen molar-refractivity contribution < 1.29 is 27.4 Å². The van der Waals surface area contributed by atoms with Crippen molar-refractivity contribution in [2.45, 2.75) is 25.9 Å². The quantitative estimate of drug-likeness (QED) is 0.315. The molecule has 1 atom stereocenters. The van der Waals surface area contributed by atoms with E-state index < -0.39 is 11.6 Å². The first-order valence-electron chi connectivity index (χ1n) is 11.5. The SMILES string of the molecule is COc1cc2c(cc1OC)C(C)N(Cc1cc(OC)c3oc(-c4c(F)cccc4F)cc3c1)CC2. The smallest absolute Gasteiger partial charge is 0.176 e. The van der Waals surface area contributed by atoms with Crippen molar-refractivity contribution in [1.82, 2.24) is 4.90 Å². The fourth-order valence-electron chi connectivity index (χ4n) is 4.93. The predicted octanol–water partition coefficient (Wildman–Crippen LogP) is 6.52. The molecule has 0 aliphatic carbocycles. The molecular weight excluding hydrogens is 452 g/mol. The van der Waals surface area contributed by atoms with Gasteiger partial charge in [0.1, 0.15) is 17.4 Å². The van der Waals surface area contributed by atoms with Crippen molar-refractivity contribution in [3.63, 3.8) is 0 Å². The molecule has 5 nitrogen and oxygen atoms in total. The molecule has 2 heterocycles. The summed E-state index contributed by atoms with van der Waals surface area (Å²) in [5.41, 5.74) is 3.76. The Labute approximate surface area is 202 Å². The Morgan fingerprint density at radius 1 is 0.914 bits per heavy atom. The van der Waals surface area contributed by atoms with Crippen molar-refractivity contribution in [2.24, 2.45) is 0 Å². The zero-order valence-electron chi connectivity index (χ0n) is 20.2. The number of hydrogen-bond acceptors (Lipinski definition) is 5. The van der Waals surface area contributed by atoms with Crippen LogP contribution in [-0.4, -0.2) is 32.8 Å². The van der Waals surface area contributed by atoms with Crippen LogP contribution in [0.4, 0.5) is 8.78 Å². The summed E-state index contributed by atoms with van der Waals surface area (Å²) in [6.07, 6.45) is 0.891. The Bertz CT molecular complexity index is 1380. The summed E-state index contributed by atoms with van der Waals surface area (Å²) in [4.78, 5) is 2.38. The second kappa shape index (κ2) is 9.23. The predicted molar refractivity (Wildman–Crippen MR) is 130 cm³/mol. The third-order valence-electron chi connectivity index (χ3n) is 6.77. The number of ether oxygens (including phenoxy) is 3. The van der Waals surface area contributed by atoms with E-state index >= 15 is 0 Å². The molecule has 35 heavy (non-hydrogen) atoms. The van der Waals surface area contributed by atoms with Gasteiger partial charge in [-0.1, -0.05) is 6.07 Å². The van der Waals surface area contributed by atoms with Crippen molar-refractivity contribution in [2.75, 3.05) is 27.9 Å². The highest BCUT2D eigenvalue weighted by Crippen LogP contribution is 2.40. The molecule has 1 aromatic heterocycles. The number of halogens is 2. The Balaban J connectivity index is 1.48. The second-order valence-corrected chi connectivity index (χ2v) is 8.73. The maximum atomic E-state index is 14.3. The van der Waals surface area contributed by atoms with Crippen LogP contribution in [-0.2, 0) is 13.0 Å². The van der Waals surface area contributed by atoms with Gasteiger partial charge >= 0.3 is 0 Å². The Hall–Kier alpha value is -3.58. The first kappa shape index (κ1) is 23.2. The molecule has 0 N–H and O–H groups in total. The lowest BCUT2D eigenvalue weighted by molar-refractivity contribution is 0.188. The highest BCUT2D eigenvalue weighted by molar-refractivity contribution is 5.88. The number of methoxy groups -OCH3 is 3. The van der Waals surface area contributed by atoms with Gasteiger partial charge in [0.2, 0.25) is 0 Å². The summed E-state index contributed by atoms with van der Waals surface area (Å²) in [5, 5.41) is 0.730. The van der Waals surface area contributed by atoms with Crippen LogP contribution in [0.15, 0.2) is 52.9 Å². The molecular formula is C28H27F2NO4. The summed E-state index contributed by atoms with van der Waals surface area (Å²) < 4.78 is 51.1. The van der Waals surface area contributed by atoms with Crippen molar-refractivity contribution in [1.29, 1.82) is 0 Å². The molecule has 0 spiro atoms. The molecule has 182 valence electrons. The molecule has 0 saturated heterocycles. The monoisotopic (exact) mass is 479 g/mol. The third kappa shape index (κ3) is 4.10.